The number of carbonyl (C=O) groups is 2. The Morgan fingerprint density at radius 2 is 2.18 bits per heavy atom. The molecule has 1 aromatic rings. The van der Waals surface area contributed by atoms with E-state index in [-0.39, 0.29) is 37.6 Å². The van der Waals surface area contributed by atoms with Crippen LogP contribution in [-0.2, 0) is 11.2 Å². The molecule has 0 bridgehead atoms. The molecular formula is C15H15IN3O2S-. The van der Waals surface area contributed by atoms with Crippen LogP contribution in [0.25, 0.3) is 0 Å². The van der Waals surface area contributed by atoms with Gasteiger partial charge in [-0.1, -0.05) is 0 Å². The van der Waals surface area contributed by atoms with E-state index in [4.69, 9.17) is 0 Å². The van der Waals surface area contributed by atoms with E-state index in [1.165, 1.54) is 28.2 Å². The zero-order chi connectivity index (χ0) is 15.3. The Morgan fingerprint density at radius 1 is 1.36 bits per heavy atom. The van der Waals surface area contributed by atoms with Gasteiger partial charge >= 0.3 is 143 Å². The normalized spacial score (nSPS) is 27.0. The number of nitrogens with zero attached hydrogens (tertiary/aromatic N) is 1. The maximum atomic E-state index is 11.8. The summed E-state index contributed by atoms with van der Waals surface area (Å²) in [5.74, 6) is 0.0761. The third-order valence-electron chi connectivity index (χ3n) is 4.09. The van der Waals surface area contributed by atoms with Gasteiger partial charge in [0.15, 0.2) is 0 Å². The molecule has 0 saturated carbocycles. The van der Waals surface area contributed by atoms with Gasteiger partial charge in [0.25, 0.3) is 0 Å². The molecule has 5 nitrogen and oxygen atoms in total. The van der Waals surface area contributed by atoms with Crippen molar-refractivity contribution in [2.45, 2.75) is 28.9 Å². The van der Waals surface area contributed by atoms with Gasteiger partial charge in [-0.2, -0.15) is 0 Å². The molecule has 0 aromatic heterocycles. The number of hydrogen-bond donors (Lipinski definition) is 2. The molecule has 0 aliphatic carbocycles. The van der Waals surface area contributed by atoms with Crippen molar-refractivity contribution in [2.24, 2.45) is 5.10 Å². The fraction of sp³-hybridized carbons (Fsp3) is 0.400. The third kappa shape index (κ3) is 2.44. The molecule has 2 amide bonds. The van der Waals surface area contributed by atoms with Crippen LogP contribution < -0.4 is 31.9 Å². The Bertz CT molecular complexity index is 715. The van der Waals surface area contributed by atoms with E-state index >= 15 is 0 Å². The summed E-state index contributed by atoms with van der Waals surface area (Å²) in [6.45, 7) is 1.99. The third-order valence-corrected chi connectivity index (χ3v) is 8.58. The molecule has 0 spiro atoms. The quantitative estimate of drug-likeness (QED) is 0.482. The van der Waals surface area contributed by atoms with Crippen molar-refractivity contribution in [1.29, 1.82) is 0 Å². The number of anilines is 1. The van der Waals surface area contributed by atoms with Gasteiger partial charge in [0.1, 0.15) is 0 Å². The summed E-state index contributed by atoms with van der Waals surface area (Å²) in [6, 6.07) is 4.24. The van der Waals surface area contributed by atoms with E-state index in [9.17, 15) is 9.59 Å². The molecule has 22 heavy (non-hydrogen) atoms. The average Bonchev–Trinajstić information content (AvgIpc) is 2.77. The van der Waals surface area contributed by atoms with Gasteiger partial charge in [-0.3, -0.25) is 0 Å². The fourth-order valence-corrected chi connectivity index (χ4v) is 5.90. The number of halogens is 1. The summed E-state index contributed by atoms with van der Waals surface area (Å²) in [5, 5.41) is 7.19. The first-order valence-corrected chi connectivity index (χ1v) is 10.9. The molecule has 1 saturated heterocycles. The second kappa shape index (κ2) is 5.52. The number of benzene rings is 1. The molecule has 2 atom stereocenters. The Morgan fingerprint density at radius 3 is 2.86 bits per heavy atom. The number of thioether (sulfide) groups is 1. The minimum absolute atomic E-state index is 0.0285. The molecule has 116 valence electrons. The molecule has 1 aromatic carbocycles. The Balaban J connectivity index is 1.79. The second-order valence-electron chi connectivity index (χ2n) is 5.58. The molecule has 2 N–H and O–H groups in total. The summed E-state index contributed by atoms with van der Waals surface area (Å²) in [4.78, 5) is 23.2. The zero-order valence-corrected chi connectivity index (χ0v) is 15.0. The zero-order valence-electron chi connectivity index (χ0n) is 12.0. The standard InChI is InChI=1S/C15H15IN3O2S/c1-7-13(18-19-15(21)22-7)8-4-9-6-12(20)17-14(9)10(5-8)11-2-3-16-11/h4-5,7,11H,2-3,6H2,1H3,(H,17,20)(H,19,21)/q-1. The number of fused-ring (bicyclic) bond motifs is 1. The van der Waals surface area contributed by atoms with Crippen molar-refractivity contribution < 1.29 is 30.8 Å². The fourth-order valence-electron chi connectivity index (χ4n) is 2.97. The first-order valence-electron chi connectivity index (χ1n) is 7.21. The SMILES string of the molecule is CC1SC(=O)NN=C1c1cc2c(c(C3CC[I-]3)c1)NC(=O)C2. The van der Waals surface area contributed by atoms with Crippen molar-refractivity contribution in [3.8, 4) is 0 Å². The van der Waals surface area contributed by atoms with Crippen LogP contribution in [0.2, 0.25) is 0 Å². The van der Waals surface area contributed by atoms with Crippen LogP contribution in [0.5, 0.6) is 0 Å². The molecule has 3 heterocycles. The first-order chi connectivity index (χ1) is 10.6. The molecular weight excluding hydrogens is 413 g/mol. The van der Waals surface area contributed by atoms with Crippen LogP contribution in [0.3, 0.4) is 0 Å². The topological polar surface area (TPSA) is 70.6 Å². The van der Waals surface area contributed by atoms with E-state index in [1.54, 1.807) is 0 Å². The predicted octanol–water partition coefficient (Wildman–Crippen LogP) is -0.736. The van der Waals surface area contributed by atoms with Crippen LogP contribution in [0.1, 0.15) is 34.0 Å². The Labute approximate surface area is 142 Å². The van der Waals surface area contributed by atoms with Gasteiger partial charge in [0.2, 0.25) is 0 Å². The Kier molecular flexibility index (Phi) is 3.64. The summed E-state index contributed by atoms with van der Waals surface area (Å²) in [6.07, 6.45) is 1.68. The van der Waals surface area contributed by atoms with Crippen molar-refractivity contribution in [3.63, 3.8) is 0 Å². The monoisotopic (exact) mass is 428 g/mol. The average molecular weight is 428 g/mol. The van der Waals surface area contributed by atoms with Crippen molar-refractivity contribution in [1.82, 2.24) is 5.43 Å². The Hall–Kier alpha value is -1.09. The van der Waals surface area contributed by atoms with Gasteiger partial charge in [-0.05, 0) is 0 Å². The molecule has 4 rings (SSSR count). The van der Waals surface area contributed by atoms with Crippen LogP contribution in [-0.4, -0.2) is 26.5 Å². The van der Waals surface area contributed by atoms with E-state index in [1.807, 2.05) is 6.92 Å². The molecule has 2 unspecified atom stereocenters. The van der Waals surface area contributed by atoms with E-state index < -0.39 is 0 Å². The molecule has 3 aliphatic rings. The summed E-state index contributed by atoms with van der Waals surface area (Å²) >= 11 is 1.46. The number of hydrazone groups is 1. The summed E-state index contributed by atoms with van der Waals surface area (Å²) in [5.41, 5.74) is 7.89. The van der Waals surface area contributed by atoms with Crippen molar-refractivity contribution in [3.05, 3.63) is 28.8 Å². The van der Waals surface area contributed by atoms with Crippen molar-refractivity contribution in [2.75, 3.05) is 9.74 Å². The molecule has 3 aliphatic heterocycles. The first kappa shape index (κ1) is 14.5. The number of amides is 2. The van der Waals surface area contributed by atoms with E-state index in [0.717, 1.165) is 22.5 Å². The second-order valence-corrected chi connectivity index (χ2v) is 10.4. The van der Waals surface area contributed by atoms with Crippen LogP contribution >= 0.6 is 11.8 Å². The number of nitrogens with one attached hydrogen (secondary N) is 2. The number of hydrogen-bond acceptors (Lipinski definition) is 4. The number of alkyl halides is 2. The van der Waals surface area contributed by atoms with Gasteiger partial charge in [-0.25, -0.2) is 0 Å². The summed E-state index contributed by atoms with van der Waals surface area (Å²) in [7, 11) is 0. The van der Waals surface area contributed by atoms with Crippen LogP contribution in [0.15, 0.2) is 17.2 Å². The molecule has 0 radical (unpaired) electrons. The van der Waals surface area contributed by atoms with Gasteiger partial charge in [-0.15, -0.1) is 0 Å². The van der Waals surface area contributed by atoms with E-state index in [0.29, 0.717) is 10.3 Å². The minimum atomic E-state index is -0.112. The van der Waals surface area contributed by atoms with Gasteiger partial charge in [0.05, 0.1) is 0 Å². The van der Waals surface area contributed by atoms with Gasteiger partial charge < -0.3 is 0 Å². The van der Waals surface area contributed by atoms with Crippen molar-refractivity contribution >= 4 is 34.3 Å². The maximum absolute atomic E-state index is 11.8. The van der Waals surface area contributed by atoms with Gasteiger partial charge in [0, 0.05) is 0 Å². The number of carbonyl (C=O) groups excluding carboxylic acids is 2. The molecule has 7 heteroatoms. The van der Waals surface area contributed by atoms with Crippen LogP contribution in [0.4, 0.5) is 10.5 Å². The number of rotatable bonds is 2. The van der Waals surface area contributed by atoms with E-state index in [2.05, 4.69) is 28.0 Å². The summed E-state index contributed by atoms with van der Waals surface area (Å²) < 4.78 is 2.01. The van der Waals surface area contributed by atoms with Crippen LogP contribution in [0, 0.1) is 0 Å². The molecule has 1 fully saturated rings. The predicted molar refractivity (Wildman–Crippen MR) is 83.1 cm³/mol.